The van der Waals surface area contributed by atoms with Gasteiger partial charge in [0.15, 0.2) is 0 Å². The Labute approximate surface area is 213 Å². The van der Waals surface area contributed by atoms with E-state index in [2.05, 4.69) is 58.2 Å². The third-order valence-electron chi connectivity index (χ3n) is 7.34. The highest BCUT2D eigenvalue weighted by atomic mass is 15.2. The van der Waals surface area contributed by atoms with E-state index < -0.39 is 0 Å². The summed E-state index contributed by atoms with van der Waals surface area (Å²) < 4.78 is 2.31. The Morgan fingerprint density at radius 2 is 1.92 bits per heavy atom. The van der Waals surface area contributed by atoms with E-state index in [1.54, 1.807) is 0 Å². The second-order valence-corrected chi connectivity index (χ2v) is 9.65. The molecule has 0 aliphatic carbocycles. The fourth-order valence-electron chi connectivity index (χ4n) is 5.46. The van der Waals surface area contributed by atoms with Gasteiger partial charge in [-0.2, -0.15) is 5.26 Å². The number of hydrogen-bond acceptors (Lipinski definition) is 5. The summed E-state index contributed by atoms with van der Waals surface area (Å²) in [6.07, 6.45) is 10.6. The second kappa shape index (κ2) is 9.94. The maximum atomic E-state index is 9.98. The highest BCUT2D eigenvalue weighted by Gasteiger charge is 2.21. The molecule has 5 rings (SSSR count). The van der Waals surface area contributed by atoms with Gasteiger partial charge in [-0.25, -0.2) is 4.99 Å². The van der Waals surface area contributed by atoms with Gasteiger partial charge in [0.25, 0.3) is 0 Å². The predicted molar refractivity (Wildman–Crippen MR) is 151 cm³/mol. The molecule has 0 bridgehead atoms. The molecule has 6 heteroatoms. The van der Waals surface area contributed by atoms with Gasteiger partial charge in [0.1, 0.15) is 11.9 Å². The molecule has 3 aromatic rings. The van der Waals surface area contributed by atoms with E-state index in [9.17, 15) is 5.26 Å². The Morgan fingerprint density at radius 1 is 1.11 bits per heavy atom. The van der Waals surface area contributed by atoms with Crippen molar-refractivity contribution in [2.45, 2.75) is 53.0 Å². The monoisotopic (exact) mass is 478 g/mol. The molecule has 2 aliphatic heterocycles. The summed E-state index contributed by atoms with van der Waals surface area (Å²) >= 11 is 0. The molecule has 184 valence electrons. The van der Waals surface area contributed by atoms with Crippen LogP contribution in [0.15, 0.2) is 65.1 Å². The first-order chi connectivity index (χ1) is 17.5. The van der Waals surface area contributed by atoms with Gasteiger partial charge in [0.05, 0.1) is 28.2 Å². The van der Waals surface area contributed by atoms with Crippen LogP contribution in [0.1, 0.15) is 49.8 Å². The lowest BCUT2D eigenvalue weighted by atomic mass is 9.99. The van der Waals surface area contributed by atoms with Gasteiger partial charge >= 0.3 is 0 Å². The summed E-state index contributed by atoms with van der Waals surface area (Å²) in [6.45, 7) is 9.03. The van der Waals surface area contributed by atoms with E-state index in [0.29, 0.717) is 17.1 Å². The summed E-state index contributed by atoms with van der Waals surface area (Å²) in [4.78, 5) is 7.39. The van der Waals surface area contributed by atoms with E-state index in [0.717, 1.165) is 66.1 Å². The summed E-state index contributed by atoms with van der Waals surface area (Å²) in [6, 6.07) is 13.0. The number of hydrogen-bond donors (Lipinski definition) is 2. The number of aliphatic imine (C=N–C) groups is 1. The Morgan fingerprint density at radius 3 is 2.64 bits per heavy atom. The van der Waals surface area contributed by atoms with Crippen molar-refractivity contribution in [3.05, 3.63) is 76.8 Å². The molecule has 1 saturated heterocycles. The molecule has 1 aromatic heterocycles. The van der Waals surface area contributed by atoms with Crippen molar-refractivity contribution >= 4 is 33.7 Å². The quantitative estimate of drug-likeness (QED) is 0.247. The number of benzene rings is 2. The molecule has 2 aliphatic rings. The minimum absolute atomic E-state index is 0.556. The standard InChI is InChI=1S/C30H34N6/c1-4-21(18-31)29(24-19-36-15-9-11-22-10-8-12-23(24)30(22)36)34-28(5-2)33-26-17-25(32)27(16-20(26)3)35-13-6-7-14-35/h4-5,8,10,12,16-17,19,33H,6-7,9,11,13-15,32H2,1-3H3/b21-4-,28-5-,34-29+. The minimum Gasteiger partial charge on any atom is -0.397 e. The lowest BCUT2D eigenvalue weighted by molar-refractivity contribution is 0.636. The molecule has 0 radical (unpaired) electrons. The van der Waals surface area contributed by atoms with Crippen LogP contribution in [0.2, 0.25) is 0 Å². The normalized spacial score (nSPS) is 16.5. The summed E-state index contributed by atoms with van der Waals surface area (Å²) in [5.41, 5.74) is 15.2. The Bertz CT molecular complexity index is 1440. The number of nitrogen functional groups attached to an aromatic ring is 1. The van der Waals surface area contributed by atoms with Gasteiger partial charge in [0, 0.05) is 42.5 Å². The van der Waals surface area contributed by atoms with Crippen LogP contribution in [0, 0.1) is 18.3 Å². The van der Waals surface area contributed by atoms with Gasteiger partial charge in [-0.1, -0.05) is 24.3 Å². The maximum absolute atomic E-state index is 9.98. The molecule has 36 heavy (non-hydrogen) atoms. The molecule has 0 spiro atoms. The zero-order chi connectivity index (χ0) is 25.2. The van der Waals surface area contributed by atoms with Crippen molar-refractivity contribution in [3.8, 4) is 6.07 Å². The third kappa shape index (κ3) is 4.26. The molecule has 0 atom stereocenters. The van der Waals surface area contributed by atoms with Crippen molar-refractivity contribution in [2.24, 2.45) is 4.99 Å². The van der Waals surface area contributed by atoms with Gasteiger partial charge in [-0.3, -0.25) is 0 Å². The first-order valence-electron chi connectivity index (χ1n) is 12.9. The largest absolute Gasteiger partial charge is 0.397 e. The van der Waals surface area contributed by atoms with Crippen LogP contribution in [0.5, 0.6) is 0 Å². The van der Waals surface area contributed by atoms with Gasteiger partial charge in [0.2, 0.25) is 0 Å². The molecule has 1 fully saturated rings. The number of allylic oxidation sites excluding steroid dienone is 3. The third-order valence-corrected chi connectivity index (χ3v) is 7.34. The molecule has 3 N–H and O–H groups in total. The number of para-hydroxylation sites is 1. The average molecular weight is 479 g/mol. The number of nitrogens with zero attached hydrogens (tertiary/aromatic N) is 4. The van der Waals surface area contributed by atoms with E-state index in [4.69, 9.17) is 10.7 Å². The molecule has 0 amide bonds. The zero-order valence-corrected chi connectivity index (χ0v) is 21.4. The number of nitriles is 1. The van der Waals surface area contributed by atoms with Gasteiger partial charge < -0.3 is 20.5 Å². The van der Waals surface area contributed by atoms with Crippen molar-refractivity contribution < 1.29 is 0 Å². The number of aryl methyl sites for hydroxylation is 3. The number of aromatic nitrogens is 1. The van der Waals surface area contributed by atoms with Crippen LogP contribution >= 0.6 is 0 Å². The second-order valence-electron chi connectivity index (χ2n) is 9.65. The lowest BCUT2D eigenvalue weighted by Gasteiger charge is -2.22. The highest BCUT2D eigenvalue weighted by Crippen LogP contribution is 2.34. The van der Waals surface area contributed by atoms with Crippen molar-refractivity contribution in [1.82, 2.24) is 4.57 Å². The molecule has 3 heterocycles. The van der Waals surface area contributed by atoms with Crippen molar-refractivity contribution in [3.63, 3.8) is 0 Å². The zero-order valence-electron chi connectivity index (χ0n) is 21.4. The highest BCUT2D eigenvalue weighted by molar-refractivity contribution is 6.21. The van der Waals surface area contributed by atoms with E-state index in [-0.39, 0.29) is 0 Å². The smallest absolute Gasteiger partial charge is 0.126 e. The van der Waals surface area contributed by atoms with Crippen LogP contribution in [0.4, 0.5) is 17.1 Å². The van der Waals surface area contributed by atoms with Crippen molar-refractivity contribution in [1.29, 1.82) is 5.26 Å². The average Bonchev–Trinajstić information content (AvgIpc) is 3.55. The van der Waals surface area contributed by atoms with Crippen LogP contribution in [0.3, 0.4) is 0 Å². The summed E-state index contributed by atoms with van der Waals surface area (Å²) in [5.74, 6) is 0.683. The topological polar surface area (TPSA) is 82.4 Å². The number of anilines is 3. The van der Waals surface area contributed by atoms with E-state index in [1.165, 1.54) is 23.9 Å². The van der Waals surface area contributed by atoms with Crippen LogP contribution in [0.25, 0.3) is 10.9 Å². The number of rotatable bonds is 6. The molecule has 0 saturated carbocycles. The fraction of sp³-hybridized carbons (Fsp3) is 0.333. The number of nitrogens with one attached hydrogen (secondary N) is 1. The van der Waals surface area contributed by atoms with Crippen molar-refractivity contribution in [2.75, 3.05) is 29.0 Å². The molecular formula is C30H34N6. The first-order valence-corrected chi connectivity index (χ1v) is 12.9. The SMILES string of the molecule is C\C=C(/N=C(\C(C#N)=C/C)c1cn2c3c(cccc13)CCC2)Nc1cc(N)c(N2CCCC2)cc1C. The minimum atomic E-state index is 0.556. The Kier molecular flexibility index (Phi) is 6.56. The predicted octanol–water partition coefficient (Wildman–Crippen LogP) is 6.31. The lowest BCUT2D eigenvalue weighted by Crippen LogP contribution is -2.19. The van der Waals surface area contributed by atoms with Crippen LogP contribution in [-0.2, 0) is 13.0 Å². The van der Waals surface area contributed by atoms with Gasteiger partial charge in [-0.05, 0) is 75.8 Å². The first kappa shape index (κ1) is 23.7. The molecular weight excluding hydrogens is 444 g/mol. The van der Waals surface area contributed by atoms with Crippen LogP contribution in [-0.4, -0.2) is 23.4 Å². The maximum Gasteiger partial charge on any atom is 0.126 e. The van der Waals surface area contributed by atoms with E-state index in [1.807, 2.05) is 32.1 Å². The van der Waals surface area contributed by atoms with Gasteiger partial charge in [-0.15, -0.1) is 0 Å². The molecule has 0 unspecified atom stereocenters. The summed E-state index contributed by atoms with van der Waals surface area (Å²) in [7, 11) is 0. The number of nitrogens with two attached hydrogens (primary N) is 1. The van der Waals surface area contributed by atoms with E-state index >= 15 is 0 Å². The molecule has 2 aromatic carbocycles. The van der Waals surface area contributed by atoms with Crippen LogP contribution < -0.4 is 16.0 Å². The molecule has 6 nitrogen and oxygen atoms in total. The fourth-order valence-corrected chi connectivity index (χ4v) is 5.46. The Balaban J connectivity index is 1.55. The Hall–Kier alpha value is -3.98. The summed E-state index contributed by atoms with van der Waals surface area (Å²) in [5, 5.41) is 14.6.